The van der Waals surface area contributed by atoms with Gasteiger partial charge in [-0.2, -0.15) is 0 Å². The van der Waals surface area contributed by atoms with Gasteiger partial charge in [0.25, 0.3) is 5.91 Å². The maximum Gasteiger partial charge on any atom is 0.290 e. The van der Waals surface area contributed by atoms with E-state index in [9.17, 15) is 19.1 Å². The van der Waals surface area contributed by atoms with E-state index in [0.717, 1.165) is 4.90 Å². The van der Waals surface area contributed by atoms with Gasteiger partial charge in [0.2, 0.25) is 0 Å². The first kappa shape index (κ1) is 16.2. The molecule has 22 heavy (non-hydrogen) atoms. The number of ketones is 1. The number of rotatable bonds is 5. The highest BCUT2D eigenvalue weighted by Crippen LogP contribution is 2.37. The van der Waals surface area contributed by atoms with Crippen LogP contribution in [0.5, 0.6) is 0 Å². The third-order valence-electron chi connectivity index (χ3n) is 3.72. The second-order valence-corrected chi connectivity index (χ2v) is 5.73. The number of benzene rings is 1. The van der Waals surface area contributed by atoms with E-state index in [1.807, 2.05) is 14.1 Å². The number of amides is 1. The summed E-state index contributed by atoms with van der Waals surface area (Å²) in [5.74, 6) is -1.81. The average Bonchev–Trinajstić information content (AvgIpc) is 2.70. The largest absolute Gasteiger partial charge is 0.503 e. The van der Waals surface area contributed by atoms with Crippen LogP contribution in [0.1, 0.15) is 18.5 Å². The highest BCUT2D eigenvalue weighted by atomic mass is 19.1. The highest BCUT2D eigenvalue weighted by molar-refractivity contribution is 6.08. The number of quaternary nitrogens is 1. The Morgan fingerprint density at radius 2 is 1.91 bits per heavy atom. The Kier molecular flexibility index (Phi) is 4.61. The summed E-state index contributed by atoms with van der Waals surface area (Å²) < 4.78 is 13.1. The predicted octanol–water partition coefficient (Wildman–Crippen LogP) is 0.255. The van der Waals surface area contributed by atoms with Crippen molar-refractivity contribution < 1.29 is 24.0 Å². The van der Waals surface area contributed by atoms with Crippen LogP contribution in [0.4, 0.5) is 4.39 Å². The van der Waals surface area contributed by atoms with E-state index in [2.05, 4.69) is 0 Å². The number of Topliss-reactive ketones (excluding diaryl/α,β-unsaturated/α-hetero) is 1. The third kappa shape index (κ3) is 3.01. The fourth-order valence-corrected chi connectivity index (χ4v) is 2.58. The molecule has 1 aromatic rings. The van der Waals surface area contributed by atoms with Crippen LogP contribution in [-0.2, 0) is 9.59 Å². The van der Waals surface area contributed by atoms with Gasteiger partial charge in [-0.1, -0.05) is 12.1 Å². The monoisotopic (exact) mass is 307 g/mol. The van der Waals surface area contributed by atoms with Crippen LogP contribution in [-0.4, -0.2) is 48.9 Å². The molecule has 0 aliphatic carbocycles. The van der Waals surface area contributed by atoms with Gasteiger partial charge in [-0.3, -0.25) is 9.59 Å². The lowest BCUT2D eigenvalue weighted by molar-refractivity contribution is -0.857. The average molecular weight is 307 g/mol. The van der Waals surface area contributed by atoms with Crippen molar-refractivity contribution in [3.8, 4) is 0 Å². The van der Waals surface area contributed by atoms with Crippen LogP contribution in [0.25, 0.3) is 0 Å². The molecule has 0 aromatic heterocycles. The maximum atomic E-state index is 13.1. The van der Waals surface area contributed by atoms with Gasteiger partial charge < -0.3 is 14.9 Å². The molecule has 2 N–H and O–H groups in total. The molecule has 1 atom stereocenters. The van der Waals surface area contributed by atoms with E-state index in [4.69, 9.17) is 0 Å². The summed E-state index contributed by atoms with van der Waals surface area (Å²) in [6.07, 6.45) is 0. The minimum atomic E-state index is -0.662. The van der Waals surface area contributed by atoms with Crippen molar-refractivity contribution in [3.05, 3.63) is 47.0 Å². The van der Waals surface area contributed by atoms with Gasteiger partial charge in [-0.15, -0.1) is 0 Å². The summed E-state index contributed by atoms with van der Waals surface area (Å²) in [6, 6.07) is 4.96. The third-order valence-corrected chi connectivity index (χ3v) is 3.72. The summed E-state index contributed by atoms with van der Waals surface area (Å²) in [7, 11) is 3.90. The van der Waals surface area contributed by atoms with Crippen LogP contribution in [0.15, 0.2) is 35.6 Å². The molecule has 0 saturated heterocycles. The summed E-state index contributed by atoms with van der Waals surface area (Å²) >= 11 is 0. The molecule has 0 bridgehead atoms. The molecule has 118 valence electrons. The van der Waals surface area contributed by atoms with Crippen LogP contribution >= 0.6 is 0 Å². The van der Waals surface area contributed by atoms with Gasteiger partial charge in [0, 0.05) is 0 Å². The molecule has 1 aromatic carbocycles. The van der Waals surface area contributed by atoms with Gasteiger partial charge in [0.1, 0.15) is 5.82 Å². The molecular formula is C16H20FN2O3+. The van der Waals surface area contributed by atoms with Crippen LogP contribution < -0.4 is 4.90 Å². The van der Waals surface area contributed by atoms with E-state index in [1.54, 1.807) is 0 Å². The fourth-order valence-electron chi connectivity index (χ4n) is 2.58. The molecule has 1 amide bonds. The molecule has 0 radical (unpaired) electrons. The molecule has 1 aliphatic heterocycles. The van der Waals surface area contributed by atoms with Crippen molar-refractivity contribution >= 4 is 11.7 Å². The van der Waals surface area contributed by atoms with Gasteiger partial charge >= 0.3 is 0 Å². The first-order valence-electron chi connectivity index (χ1n) is 7.12. The van der Waals surface area contributed by atoms with Gasteiger partial charge in [0.05, 0.1) is 38.8 Å². The van der Waals surface area contributed by atoms with E-state index in [-0.39, 0.29) is 11.4 Å². The number of hydrogen-bond acceptors (Lipinski definition) is 3. The quantitative estimate of drug-likeness (QED) is 0.820. The molecule has 0 fully saturated rings. The first-order chi connectivity index (χ1) is 10.3. The second kappa shape index (κ2) is 6.27. The summed E-state index contributed by atoms with van der Waals surface area (Å²) in [5.41, 5.74) is 0.683. The molecule has 0 spiro atoms. The number of likely N-dealkylation sites (N-methyl/N-ethyl adjacent to an activating group) is 1. The van der Waals surface area contributed by atoms with Gasteiger partial charge in [-0.05, 0) is 24.6 Å². The maximum absolute atomic E-state index is 13.1. The Bertz CT molecular complexity index is 623. The zero-order valence-electron chi connectivity index (χ0n) is 12.9. The number of carbonyl (C=O) groups excluding carboxylic acids is 2. The van der Waals surface area contributed by atoms with Crippen molar-refractivity contribution in [2.24, 2.45) is 0 Å². The zero-order valence-corrected chi connectivity index (χ0v) is 12.9. The Morgan fingerprint density at radius 3 is 2.41 bits per heavy atom. The number of aliphatic hydroxyl groups excluding tert-OH is 1. The predicted molar refractivity (Wildman–Crippen MR) is 78.9 cm³/mol. The lowest BCUT2D eigenvalue weighted by atomic mass is 9.97. The van der Waals surface area contributed by atoms with Crippen molar-refractivity contribution in [2.75, 3.05) is 27.2 Å². The Balaban J connectivity index is 2.43. The first-order valence-corrected chi connectivity index (χ1v) is 7.12. The minimum absolute atomic E-state index is 0.0744. The molecule has 2 rings (SSSR count). The van der Waals surface area contributed by atoms with Crippen molar-refractivity contribution in [1.29, 1.82) is 0 Å². The summed E-state index contributed by atoms with van der Waals surface area (Å²) in [4.78, 5) is 26.7. The van der Waals surface area contributed by atoms with E-state index < -0.39 is 23.5 Å². The molecule has 1 aliphatic rings. The molecule has 5 nitrogen and oxygen atoms in total. The normalized spacial score (nSPS) is 18.5. The fraction of sp³-hybridized carbons (Fsp3) is 0.375. The highest BCUT2D eigenvalue weighted by Gasteiger charge is 2.42. The number of aliphatic hydroxyl groups is 1. The summed E-state index contributed by atoms with van der Waals surface area (Å²) in [5, 5.41) is 10.0. The standard InChI is InChI=1S/C16H19FN2O3/c1-10(20)13-14(11-4-6-12(17)7-5-11)19(9-8-18(2)3)16(22)15(13)21/h4-7,14,21H,8-9H2,1-3H3/p+1/t14-/m0/s1. The van der Waals surface area contributed by atoms with Crippen LogP contribution in [0.3, 0.4) is 0 Å². The SMILES string of the molecule is CC(=O)C1=C(O)C(=O)N(CC[NH+](C)C)[C@H]1c1ccc(F)cc1. The van der Waals surface area contributed by atoms with Crippen LogP contribution in [0.2, 0.25) is 0 Å². The van der Waals surface area contributed by atoms with Gasteiger partial charge in [-0.25, -0.2) is 4.39 Å². The Morgan fingerprint density at radius 1 is 1.32 bits per heavy atom. The van der Waals surface area contributed by atoms with E-state index >= 15 is 0 Å². The van der Waals surface area contributed by atoms with Crippen molar-refractivity contribution in [2.45, 2.75) is 13.0 Å². The zero-order chi connectivity index (χ0) is 16.4. The van der Waals surface area contributed by atoms with Crippen molar-refractivity contribution in [1.82, 2.24) is 4.90 Å². The molecule has 0 saturated carbocycles. The minimum Gasteiger partial charge on any atom is -0.503 e. The Labute approximate surface area is 128 Å². The molecule has 1 heterocycles. The van der Waals surface area contributed by atoms with Crippen molar-refractivity contribution in [3.63, 3.8) is 0 Å². The number of hydrogen-bond donors (Lipinski definition) is 2. The number of nitrogens with zero attached hydrogens (tertiary/aromatic N) is 1. The molecule has 0 unspecified atom stereocenters. The lowest BCUT2D eigenvalue weighted by Gasteiger charge is -2.26. The smallest absolute Gasteiger partial charge is 0.290 e. The number of carbonyl (C=O) groups is 2. The lowest BCUT2D eigenvalue weighted by Crippen LogP contribution is -3.06. The number of halogens is 1. The Hall–Kier alpha value is -2.21. The molecular weight excluding hydrogens is 287 g/mol. The van der Waals surface area contributed by atoms with Gasteiger partial charge in [0.15, 0.2) is 11.5 Å². The molecule has 6 heteroatoms. The second-order valence-electron chi connectivity index (χ2n) is 5.73. The number of nitrogens with one attached hydrogen (secondary N) is 1. The van der Waals surface area contributed by atoms with E-state index in [1.165, 1.54) is 36.1 Å². The summed E-state index contributed by atoms with van der Waals surface area (Å²) in [6.45, 7) is 2.38. The topological polar surface area (TPSA) is 62.0 Å². The van der Waals surface area contributed by atoms with Crippen LogP contribution in [0, 0.1) is 5.82 Å². The van der Waals surface area contributed by atoms with E-state index in [0.29, 0.717) is 18.7 Å².